The summed E-state index contributed by atoms with van der Waals surface area (Å²) < 4.78 is 27.4. The quantitative estimate of drug-likeness (QED) is 0.303. The monoisotopic (exact) mass is 579 g/mol. The Bertz CT molecular complexity index is 1580. The molecule has 3 aromatic carbocycles. The van der Waals surface area contributed by atoms with Gasteiger partial charge in [-0.2, -0.15) is 0 Å². The van der Waals surface area contributed by atoms with Gasteiger partial charge in [-0.1, -0.05) is 35.9 Å². The van der Waals surface area contributed by atoms with Crippen molar-refractivity contribution in [3.05, 3.63) is 113 Å². The molecule has 1 saturated heterocycles. The van der Waals surface area contributed by atoms with Crippen LogP contribution in [0.1, 0.15) is 26.9 Å². The van der Waals surface area contributed by atoms with Gasteiger partial charge >= 0.3 is 0 Å². The van der Waals surface area contributed by atoms with Crippen LogP contribution in [0.5, 0.6) is 0 Å². The highest BCUT2D eigenvalue weighted by atomic mass is 35.5. The van der Waals surface area contributed by atoms with Crippen molar-refractivity contribution in [2.24, 2.45) is 0 Å². The molecule has 0 radical (unpaired) electrons. The van der Waals surface area contributed by atoms with Crippen molar-refractivity contribution in [3.8, 4) is 0 Å². The van der Waals surface area contributed by atoms with E-state index in [4.69, 9.17) is 11.6 Å². The van der Waals surface area contributed by atoms with Gasteiger partial charge < -0.3 is 10.2 Å². The van der Waals surface area contributed by atoms with Gasteiger partial charge in [0.05, 0.1) is 10.6 Å². The Morgan fingerprint density at radius 1 is 0.974 bits per heavy atom. The number of aromatic nitrogens is 2. The maximum Gasteiger partial charge on any atom is 0.264 e. The third-order valence-corrected chi connectivity index (χ3v) is 8.76. The van der Waals surface area contributed by atoms with E-state index in [0.717, 1.165) is 11.1 Å². The van der Waals surface area contributed by atoms with Gasteiger partial charge in [-0.25, -0.2) is 23.1 Å². The molecule has 0 saturated carbocycles. The second-order valence-electron chi connectivity index (χ2n) is 8.59. The van der Waals surface area contributed by atoms with Gasteiger partial charge in [0.1, 0.15) is 5.37 Å². The molecule has 12 heteroatoms. The molecule has 1 atom stereocenters. The minimum atomic E-state index is -3.88. The lowest BCUT2D eigenvalue weighted by Gasteiger charge is -2.24. The number of sulfonamides is 1. The second kappa shape index (κ2) is 11.4. The first kappa shape index (κ1) is 26.7. The fraction of sp³-hybridized carbons (Fsp3) is 0.111. The van der Waals surface area contributed by atoms with Gasteiger partial charge in [-0.3, -0.25) is 9.59 Å². The van der Waals surface area contributed by atoms with Crippen molar-refractivity contribution >= 4 is 56.8 Å². The van der Waals surface area contributed by atoms with E-state index in [2.05, 4.69) is 20.0 Å². The number of thioether (sulfide) groups is 1. The van der Waals surface area contributed by atoms with Crippen LogP contribution in [0.2, 0.25) is 5.02 Å². The molecule has 1 fully saturated rings. The number of anilines is 2. The molecule has 39 heavy (non-hydrogen) atoms. The minimum Gasteiger partial charge on any atom is -0.322 e. The van der Waals surface area contributed by atoms with E-state index in [1.165, 1.54) is 36.7 Å². The lowest BCUT2D eigenvalue weighted by atomic mass is 10.1. The molecule has 2 amide bonds. The molecule has 198 valence electrons. The van der Waals surface area contributed by atoms with E-state index in [1.807, 2.05) is 29.2 Å². The van der Waals surface area contributed by atoms with Crippen molar-refractivity contribution < 1.29 is 18.0 Å². The smallest absolute Gasteiger partial charge is 0.264 e. The number of hydrogen-bond donors (Lipinski definition) is 2. The molecule has 4 aromatic rings. The van der Waals surface area contributed by atoms with Crippen molar-refractivity contribution in [2.45, 2.75) is 16.8 Å². The highest BCUT2D eigenvalue weighted by Crippen LogP contribution is 2.39. The molecule has 0 unspecified atom stereocenters. The zero-order valence-electron chi connectivity index (χ0n) is 20.3. The molecule has 2 N–H and O–H groups in total. The molecular weight excluding hydrogens is 558 g/mol. The van der Waals surface area contributed by atoms with Crippen LogP contribution in [0, 0.1) is 0 Å². The van der Waals surface area contributed by atoms with Crippen molar-refractivity contribution in [3.63, 3.8) is 0 Å². The second-order valence-corrected chi connectivity index (χ2v) is 11.8. The summed E-state index contributed by atoms with van der Waals surface area (Å²) in [5.41, 5.74) is 2.77. The number of nitrogens with zero attached hydrogens (tertiary/aromatic N) is 3. The van der Waals surface area contributed by atoms with E-state index in [1.54, 1.807) is 42.1 Å². The highest BCUT2D eigenvalue weighted by molar-refractivity contribution is 8.00. The third-order valence-electron chi connectivity index (χ3n) is 5.91. The molecular formula is C27H22ClN5O4S2. The molecule has 1 aliphatic rings. The van der Waals surface area contributed by atoms with Gasteiger partial charge in [0, 0.05) is 35.2 Å². The zero-order valence-corrected chi connectivity index (χ0v) is 22.7. The van der Waals surface area contributed by atoms with E-state index >= 15 is 0 Å². The lowest BCUT2D eigenvalue weighted by molar-refractivity contribution is -0.128. The summed E-state index contributed by atoms with van der Waals surface area (Å²) in [5, 5.41) is 3.25. The predicted molar refractivity (Wildman–Crippen MR) is 151 cm³/mol. The summed E-state index contributed by atoms with van der Waals surface area (Å²) in [4.78, 5) is 34.9. The number of benzene rings is 3. The fourth-order valence-electron chi connectivity index (χ4n) is 3.94. The summed E-state index contributed by atoms with van der Waals surface area (Å²) >= 11 is 7.52. The van der Waals surface area contributed by atoms with Crippen LogP contribution < -0.4 is 10.0 Å². The minimum absolute atomic E-state index is 0.00377. The number of nitrogens with one attached hydrogen (secondary N) is 2. The lowest BCUT2D eigenvalue weighted by Crippen LogP contribution is -2.27. The number of carbonyl (C=O) groups excluding carboxylic acids is 2. The zero-order chi connectivity index (χ0) is 27.4. The summed E-state index contributed by atoms with van der Waals surface area (Å²) in [6.45, 7) is 0.468. The van der Waals surface area contributed by atoms with Crippen LogP contribution in [0.3, 0.4) is 0 Å². The Hall–Kier alpha value is -3.93. The first-order valence-electron chi connectivity index (χ1n) is 11.8. The Kier molecular flexibility index (Phi) is 7.82. The van der Waals surface area contributed by atoms with Crippen LogP contribution in [0.15, 0.2) is 96.2 Å². The average molecular weight is 580 g/mol. The average Bonchev–Trinajstić information content (AvgIpc) is 3.30. The number of carbonyl (C=O) groups is 2. The molecule has 9 nitrogen and oxygen atoms in total. The summed E-state index contributed by atoms with van der Waals surface area (Å²) in [6, 6.07) is 21.8. The first-order chi connectivity index (χ1) is 18.8. The van der Waals surface area contributed by atoms with Crippen LogP contribution in [-0.2, 0) is 21.4 Å². The van der Waals surface area contributed by atoms with E-state index in [0.29, 0.717) is 28.6 Å². The third kappa shape index (κ3) is 6.39. The first-order valence-corrected chi connectivity index (χ1v) is 14.7. The highest BCUT2D eigenvalue weighted by Gasteiger charge is 2.32. The molecule has 5 rings (SSSR count). The summed E-state index contributed by atoms with van der Waals surface area (Å²) in [5.74, 6) is 0.0618. The van der Waals surface area contributed by atoms with Crippen LogP contribution in [0.4, 0.5) is 11.6 Å². The van der Waals surface area contributed by atoms with Gasteiger partial charge in [0.25, 0.3) is 15.9 Å². The van der Waals surface area contributed by atoms with Crippen molar-refractivity contribution in [2.75, 3.05) is 15.8 Å². The molecule has 1 aromatic heterocycles. The Labute approximate surface area is 234 Å². The van der Waals surface area contributed by atoms with E-state index in [9.17, 15) is 18.0 Å². The number of amides is 2. The SMILES string of the molecule is O=C(Nc1ccc(S(=O)(=O)Nc2ncccn2)cc1)c1ccc([C@H]2SCC(=O)N2Cc2ccc(Cl)cc2)cc1. The Morgan fingerprint density at radius 2 is 1.64 bits per heavy atom. The van der Waals surface area contributed by atoms with Crippen LogP contribution >= 0.6 is 23.4 Å². The van der Waals surface area contributed by atoms with E-state index < -0.39 is 10.0 Å². The molecule has 2 heterocycles. The maximum atomic E-state index is 12.8. The standard InChI is InChI=1S/C27H22ClN5O4S2/c28-21-8-2-18(3-9-21)16-33-24(34)17-38-26(33)20-6-4-19(5-7-20)25(35)31-22-10-12-23(13-11-22)39(36,37)32-27-29-14-1-15-30-27/h1-15,26H,16-17H2,(H,31,35)(H,29,30,32)/t26-/m1/s1. The van der Waals surface area contributed by atoms with E-state index in [-0.39, 0.29) is 28.0 Å². The van der Waals surface area contributed by atoms with Crippen LogP contribution in [0.25, 0.3) is 0 Å². The fourth-order valence-corrected chi connectivity index (χ4v) is 6.21. The molecule has 0 bridgehead atoms. The van der Waals surface area contributed by atoms with Gasteiger partial charge in [-0.15, -0.1) is 11.8 Å². The van der Waals surface area contributed by atoms with Gasteiger partial charge in [-0.05, 0) is 65.7 Å². The van der Waals surface area contributed by atoms with Gasteiger partial charge in [0.2, 0.25) is 11.9 Å². The summed E-state index contributed by atoms with van der Waals surface area (Å²) in [7, 11) is -3.88. The number of halogens is 1. The molecule has 0 aliphatic carbocycles. The number of rotatable bonds is 8. The normalized spacial score (nSPS) is 15.3. The van der Waals surface area contributed by atoms with Crippen molar-refractivity contribution in [1.82, 2.24) is 14.9 Å². The molecule has 0 spiro atoms. The molecule has 1 aliphatic heterocycles. The van der Waals surface area contributed by atoms with Gasteiger partial charge in [0.15, 0.2) is 0 Å². The predicted octanol–water partition coefficient (Wildman–Crippen LogP) is 4.96. The van der Waals surface area contributed by atoms with Crippen LogP contribution in [-0.4, -0.2) is 40.9 Å². The Balaban J connectivity index is 1.23. The topological polar surface area (TPSA) is 121 Å². The number of hydrogen-bond acceptors (Lipinski definition) is 7. The van der Waals surface area contributed by atoms with Crippen molar-refractivity contribution in [1.29, 1.82) is 0 Å². The Morgan fingerprint density at radius 3 is 2.31 bits per heavy atom. The largest absolute Gasteiger partial charge is 0.322 e. The maximum absolute atomic E-state index is 12.8. The summed E-state index contributed by atoms with van der Waals surface area (Å²) in [6.07, 6.45) is 2.86.